The van der Waals surface area contributed by atoms with Gasteiger partial charge >= 0.3 is 5.97 Å². The summed E-state index contributed by atoms with van der Waals surface area (Å²) in [6.07, 6.45) is 1.73. The molecule has 18 heavy (non-hydrogen) atoms. The second-order valence-corrected chi connectivity index (χ2v) is 5.17. The van der Waals surface area contributed by atoms with Gasteiger partial charge in [0.25, 0.3) is 0 Å². The fourth-order valence-corrected chi connectivity index (χ4v) is 2.66. The fourth-order valence-electron chi connectivity index (χ4n) is 2.66. The van der Waals surface area contributed by atoms with E-state index in [1.807, 2.05) is 0 Å². The lowest BCUT2D eigenvalue weighted by Gasteiger charge is -2.33. The van der Waals surface area contributed by atoms with Crippen LogP contribution in [0.25, 0.3) is 0 Å². The number of amides is 1. The molecule has 2 unspecified atom stereocenters. The fraction of sp³-hybridized carbons (Fsp3) is 0.833. The van der Waals surface area contributed by atoms with Crippen molar-refractivity contribution in [1.29, 1.82) is 0 Å². The van der Waals surface area contributed by atoms with E-state index in [1.165, 1.54) is 0 Å². The number of nitrogens with two attached hydrogens (primary N) is 1. The summed E-state index contributed by atoms with van der Waals surface area (Å²) in [5, 5.41) is 8.73. The molecule has 0 aromatic rings. The number of nitrogens with zero attached hydrogens (tertiary/aromatic N) is 1. The van der Waals surface area contributed by atoms with Crippen LogP contribution in [0.2, 0.25) is 0 Å². The van der Waals surface area contributed by atoms with Crippen molar-refractivity contribution in [3.8, 4) is 0 Å². The molecule has 1 amide bonds. The first-order valence-corrected chi connectivity index (χ1v) is 6.42. The summed E-state index contributed by atoms with van der Waals surface area (Å²) >= 11 is 0. The van der Waals surface area contributed by atoms with Gasteiger partial charge in [0.2, 0.25) is 5.91 Å². The Hall–Kier alpha value is -1.14. The molecule has 0 radical (unpaired) electrons. The topological polar surface area (TPSA) is 92.9 Å². The number of aliphatic carboxylic acids is 1. The lowest BCUT2D eigenvalue weighted by Crippen LogP contribution is -2.46. The number of hydrogen-bond donors (Lipinski definition) is 2. The quantitative estimate of drug-likeness (QED) is 0.721. The molecule has 0 saturated carbocycles. The van der Waals surface area contributed by atoms with Crippen molar-refractivity contribution < 1.29 is 19.4 Å². The molecule has 3 N–H and O–H groups in total. The van der Waals surface area contributed by atoms with E-state index in [1.54, 1.807) is 4.90 Å². The van der Waals surface area contributed by atoms with Crippen molar-refractivity contribution in [2.24, 2.45) is 17.6 Å². The van der Waals surface area contributed by atoms with Crippen LogP contribution in [0.3, 0.4) is 0 Å². The molecule has 2 atom stereocenters. The molecule has 0 aromatic heterocycles. The van der Waals surface area contributed by atoms with Gasteiger partial charge < -0.3 is 20.5 Å². The Morgan fingerprint density at radius 2 is 1.94 bits per heavy atom. The summed E-state index contributed by atoms with van der Waals surface area (Å²) < 4.78 is 5.20. The van der Waals surface area contributed by atoms with E-state index in [9.17, 15) is 9.59 Å². The summed E-state index contributed by atoms with van der Waals surface area (Å²) in [5.41, 5.74) is 5.83. The SMILES string of the molecule is NC1COCC1C(=O)N1CCC(CC(=O)O)CC1. The Kier molecular flexibility index (Phi) is 4.19. The molecule has 6 nitrogen and oxygen atoms in total. The van der Waals surface area contributed by atoms with Crippen LogP contribution in [0.4, 0.5) is 0 Å². The van der Waals surface area contributed by atoms with Gasteiger partial charge in [0.15, 0.2) is 0 Å². The Bertz CT molecular complexity index is 326. The molecule has 2 heterocycles. The summed E-state index contributed by atoms with van der Waals surface area (Å²) in [6, 6.07) is -0.200. The van der Waals surface area contributed by atoms with Crippen molar-refractivity contribution in [1.82, 2.24) is 4.90 Å². The molecule has 0 bridgehead atoms. The first-order valence-electron chi connectivity index (χ1n) is 6.42. The number of carbonyl (C=O) groups excluding carboxylic acids is 1. The zero-order valence-corrected chi connectivity index (χ0v) is 10.4. The molecule has 0 aromatic carbocycles. The Balaban J connectivity index is 1.82. The molecule has 6 heteroatoms. The monoisotopic (exact) mass is 256 g/mol. The summed E-state index contributed by atoms with van der Waals surface area (Å²) in [4.78, 5) is 24.6. The van der Waals surface area contributed by atoms with Crippen molar-refractivity contribution in [2.45, 2.75) is 25.3 Å². The smallest absolute Gasteiger partial charge is 0.303 e. The predicted octanol–water partition coefficient (Wildman–Crippen LogP) is -0.327. The minimum absolute atomic E-state index is 0.0637. The van der Waals surface area contributed by atoms with Gasteiger partial charge in [-0.3, -0.25) is 9.59 Å². The second-order valence-electron chi connectivity index (χ2n) is 5.17. The third-order valence-corrected chi connectivity index (χ3v) is 3.83. The van der Waals surface area contributed by atoms with E-state index < -0.39 is 5.97 Å². The number of carbonyl (C=O) groups is 2. The van der Waals surface area contributed by atoms with E-state index in [0.717, 1.165) is 12.8 Å². The van der Waals surface area contributed by atoms with E-state index in [-0.39, 0.29) is 30.2 Å². The van der Waals surface area contributed by atoms with Crippen LogP contribution in [-0.2, 0) is 14.3 Å². The van der Waals surface area contributed by atoms with Crippen LogP contribution < -0.4 is 5.73 Å². The number of piperidine rings is 1. The predicted molar refractivity (Wildman–Crippen MR) is 63.8 cm³/mol. The van der Waals surface area contributed by atoms with E-state index in [2.05, 4.69) is 0 Å². The Labute approximate surface area is 106 Å². The first kappa shape index (κ1) is 13.3. The normalized spacial score (nSPS) is 29.5. The number of carboxylic acids is 1. The molecule has 2 saturated heterocycles. The highest BCUT2D eigenvalue weighted by Crippen LogP contribution is 2.23. The molecular formula is C12H20N2O4. The average molecular weight is 256 g/mol. The number of rotatable bonds is 3. The maximum Gasteiger partial charge on any atom is 0.303 e. The van der Waals surface area contributed by atoms with Crippen molar-refractivity contribution in [3.63, 3.8) is 0 Å². The molecule has 2 aliphatic rings. The first-order chi connectivity index (χ1) is 8.58. The highest BCUT2D eigenvalue weighted by Gasteiger charge is 2.35. The van der Waals surface area contributed by atoms with E-state index >= 15 is 0 Å². The zero-order chi connectivity index (χ0) is 13.1. The van der Waals surface area contributed by atoms with Gasteiger partial charge in [-0.25, -0.2) is 0 Å². The van der Waals surface area contributed by atoms with Gasteiger partial charge in [0.05, 0.1) is 19.1 Å². The second kappa shape index (κ2) is 5.67. The summed E-state index contributed by atoms with van der Waals surface area (Å²) in [5.74, 6) is -0.721. The molecule has 2 fully saturated rings. The third-order valence-electron chi connectivity index (χ3n) is 3.83. The molecule has 0 spiro atoms. The molecule has 0 aliphatic carbocycles. The molecule has 102 valence electrons. The van der Waals surface area contributed by atoms with Gasteiger partial charge in [0, 0.05) is 25.6 Å². The minimum Gasteiger partial charge on any atom is -0.481 e. The lowest BCUT2D eigenvalue weighted by molar-refractivity contribution is -0.139. The summed E-state index contributed by atoms with van der Waals surface area (Å²) in [6.45, 7) is 2.14. The van der Waals surface area contributed by atoms with Crippen molar-refractivity contribution in [2.75, 3.05) is 26.3 Å². The van der Waals surface area contributed by atoms with Crippen LogP contribution in [0.1, 0.15) is 19.3 Å². The van der Waals surface area contributed by atoms with Gasteiger partial charge in [-0.05, 0) is 18.8 Å². The van der Waals surface area contributed by atoms with Crippen LogP contribution in [-0.4, -0.2) is 54.2 Å². The van der Waals surface area contributed by atoms with Crippen molar-refractivity contribution >= 4 is 11.9 Å². The van der Waals surface area contributed by atoms with Gasteiger partial charge in [0.1, 0.15) is 0 Å². The standard InChI is InChI=1S/C12H20N2O4/c13-10-7-18-6-9(10)12(17)14-3-1-8(2-4-14)5-11(15)16/h8-10H,1-7,13H2,(H,15,16). The third kappa shape index (κ3) is 3.00. The van der Waals surface area contributed by atoms with Crippen LogP contribution >= 0.6 is 0 Å². The van der Waals surface area contributed by atoms with Crippen molar-refractivity contribution in [3.05, 3.63) is 0 Å². The molecule has 2 rings (SSSR count). The van der Waals surface area contributed by atoms with Gasteiger partial charge in [-0.1, -0.05) is 0 Å². The average Bonchev–Trinajstić information content (AvgIpc) is 2.75. The van der Waals surface area contributed by atoms with E-state index in [0.29, 0.717) is 26.3 Å². The number of hydrogen-bond acceptors (Lipinski definition) is 4. The van der Waals surface area contributed by atoms with Gasteiger partial charge in [-0.2, -0.15) is 0 Å². The maximum absolute atomic E-state index is 12.2. The largest absolute Gasteiger partial charge is 0.481 e. The number of likely N-dealkylation sites (tertiary alicyclic amines) is 1. The highest BCUT2D eigenvalue weighted by atomic mass is 16.5. The Morgan fingerprint density at radius 1 is 1.28 bits per heavy atom. The highest BCUT2D eigenvalue weighted by molar-refractivity contribution is 5.80. The number of carboxylic acid groups (broad SMARTS) is 1. The maximum atomic E-state index is 12.2. The molecule has 2 aliphatic heterocycles. The lowest BCUT2D eigenvalue weighted by atomic mass is 9.92. The zero-order valence-electron chi connectivity index (χ0n) is 10.4. The molecular weight excluding hydrogens is 236 g/mol. The van der Waals surface area contributed by atoms with Crippen LogP contribution in [0.15, 0.2) is 0 Å². The minimum atomic E-state index is -0.758. The van der Waals surface area contributed by atoms with Crippen LogP contribution in [0.5, 0.6) is 0 Å². The number of ether oxygens (including phenoxy) is 1. The van der Waals surface area contributed by atoms with Gasteiger partial charge in [-0.15, -0.1) is 0 Å². The summed E-state index contributed by atoms with van der Waals surface area (Å²) in [7, 11) is 0. The van der Waals surface area contributed by atoms with Crippen LogP contribution in [0, 0.1) is 11.8 Å². The van der Waals surface area contributed by atoms with E-state index in [4.69, 9.17) is 15.6 Å². The Morgan fingerprint density at radius 3 is 2.44 bits per heavy atom.